The molecule has 22 heavy (non-hydrogen) atoms. The van der Waals surface area contributed by atoms with Crippen LogP contribution in [0.4, 0.5) is 0 Å². The van der Waals surface area contributed by atoms with Crippen molar-refractivity contribution in [2.24, 2.45) is 0 Å². The highest BCUT2D eigenvalue weighted by molar-refractivity contribution is 7.52. The van der Waals surface area contributed by atoms with Crippen molar-refractivity contribution in [1.82, 2.24) is 5.09 Å². The van der Waals surface area contributed by atoms with Crippen molar-refractivity contribution in [3.8, 4) is 5.75 Å². The lowest BCUT2D eigenvalue weighted by Gasteiger charge is -2.23. The molecule has 0 fully saturated rings. The lowest BCUT2D eigenvalue weighted by molar-refractivity contribution is -0.149. The molecule has 2 atom stereocenters. The summed E-state index contributed by atoms with van der Waals surface area (Å²) in [7, 11) is -3.66. The number of ether oxygens (including phenoxy) is 1. The van der Waals surface area contributed by atoms with Gasteiger partial charge in [-0.2, -0.15) is 5.09 Å². The molecular weight excluding hydrogens is 305 g/mol. The molecule has 0 radical (unpaired) electrons. The van der Waals surface area contributed by atoms with E-state index in [2.05, 4.69) is 5.09 Å². The minimum atomic E-state index is -3.66. The molecule has 0 aliphatic rings. The molecular formula is C15H24NO5P. The molecule has 6 nitrogen and oxygen atoms in total. The summed E-state index contributed by atoms with van der Waals surface area (Å²) in [6, 6.07) is 7.86. The van der Waals surface area contributed by atoms with Crippen LogP contribution in [0.25, 0.3) is 0 Å². The molecule has 0 heterocycles. The normalized spacial score (nSPS) is 15.1. The van der Waals surface area contributed by atoms with Gasteiger partial charge in [-0.05, 0) is 39.3 Å². The first kappa shape index (κ1) is 18.7. The monoisotopic (exact) mass is 329 g/mol. The van der Waals surface area contributed by atoms with E-state index in [1.54, 1.807) is 45.0 Å². The third kappa shape index (κ3) is 6.60. The van der Waals surface area contributed by atoms with E-state index in [1.165, 1.54) is 0 Å². The van der Waals surface area contributed by atoms with Gasteiger partial charge in [-0.1, -0.05) is 25.1 Å². The summed E-state index contributed by atoms with van der Waals surface area (Å²) in [4.78, 5) is 11.8. The average molecular weight is 329 g/mol. The van der Waals surface area contributed by atoms with Crippen molar-refractivity contribution in [3.63, 3.8) is 0 Å². The number of esters is 1. The SMILES string of the molecule is CCCO[P@](=O)(N[C@@H](C)C(=O)OC(C)C)Oc1ccccc1. The third-order valence-corrected chi connectivity index (χ3v) is 4.17. The molecule has 0 saturated carbocycles. The van der Waals surface area contributed by atoms with Crippen LogP contribution in [0.5, 0.6) is 5.75 Å². The van der Waals surface area contributed by atoms with E-state index < -0.39 is 19.8 Å². The second-order valence-corrected chi connectivity index (χ2v) is 6.77. The van der Waals surface area contributed by atoms with E-state index in [0.717, 1.165) is 0 Å². The molecule has 1 aromatic rings. The first-order valence-electron chi connectivity index (χ1n) is 7.34. The van der Waals surface area contributed by atoms with Crippen molar-refractivity contribution in [1.29, 1.82) is 0 Å². The Kier molecular flexibility index (Phi) is 7.59. The first-order chi connectivity index (χ1) is 10.4. The zero-order chi connectivity index (χ0) is 16.6. The Balaban J connectivity index is 2.78. The van der Waals surface area contributed by atoms with Gasteiger partial charge < -0.3 is 9.26 Å². The highest BCUT2D eigenvalue weighted by Crippen LogP contribution is 2.44. The second-order valence-electron chi connectivity index (χ2n) is 5.07. The minimum Gasteiger partial charge on any atom is -0.462 e. The average Bonchev–Trinajstić information content (AvgIpc) is 2.45. The predicted octanol–water partition coefficient (Wildman–Crippen LogP) is 3.53. The van der Waals surface area contributed by atoms with Crippen molar-refractivity contribution < 1.29 is 23.1 Å². The quantitative estimate of drug-likeness (QED) is 0.552. The topological polar surface area (TPSA) is 73.9 Å². The molecule has 0 unspecified atom stereocenters. The van der Waals surface area contributed by atoms with E-state index in [0.29, 0.717) is 12.2 Å². The maximum Gasteiger partial charge on any atom is 0.459 e. The number of nitrogens with one attached hydrogen (secondary N) is 1. The van der Waals surface area contributed by atoms with Gasteiger partial charge in [-0.25, -0.2) is 4.57 Å². The Morgan fingerprint density at radius 3 is 2.41 bits per heavy atom. The van der Waals surface area contributed by atoms with Gasteiger partial charge in [0.15, 0.2) is 0 Å². The molecule has 1 aromatic carbocycles. The molecule has 7 heteroatoms. The number of hydrogen-bond acceptors (Lipinski definition) is 5. The maximum absolute atomic E-state index is 12.8. The summed E-state index contributed by atoms with van der Waals surface area (Å²) in [5, 5.41) is 2.62. The maximum atomic E-state index is 12.8. The van der Waals surface area contributed by atoms with E-state index in [4.69, 9.17) is 13.8 Å². The summed E-state index contributed by atoms with van der Waals surface area (Å²) in [5.74, 6) is -0.106. The van der Waals surface area contributed by atoms with Crippen LogP contribution < -0.4 is 9.61 Å². The molecule has 0 amide bonds. The molecule has 0 saturated heterocycles. The van der Waals surface area contributed by atoms with Crippen LogP contribution in [0.15, 0.2) is 30.3 Å². The third-order valence-electron chi connectivity index (χ3n) is 2.49. The summed E-state index contributed by atoms with van der Waals surface area (Å²) < 4.78 is 28.6. The minimum absolute atomic E-state index is 0.247. The Bertz CT molecular complexity index is 506. The van der Waals surface area contributed by atoms with Gasteiger partial charge in [0, 0.05) is 0 Å². The zero-order valence-electron chi connectivity index (χ0n) is 13.4. The Morgan fingerprint density at radius 1 is 1.23 bits per heavy atom. The number of rotatable bonds is 9. The lowest BCUT2D eigenvalue weighted by Crippen LogP contribution is -2.36. The van der Waals surface area contributed by atoms with Crippen LogP contribution in [0.3, 0.4) is 0 Å². The highest BCUT2D eigenvalue weighted by Gasteiger charge is 2.32. The molecule has 1 N–H and O–H groups in total. The number of carbonyl (C=O) groups excluding carboxylic acids is 1. The molecule has 0 aliphatic carbocycles. The number of hydrogen-bond donors (Lipinski definition) is 1. The van der Waals surface area contributed by atoms with Crippen LogP contribution in [0.1, 0.15) is 34.1 Å². The molecule has 0 aliphatic heterocycles. The fourth-order valence-corrected chi connectivity index (χ4v) is 3.13. The smallest absolute Gasteiger partial charge is 0.459 e. The summed E-state index contributed by atoms with van der Waals surface area (Å²) in [6.07, 6.45) is 0.428. The van der Waals surface area contributed by atoms with E-state index in [-0.39, 0.29) is 12.7 Å². The van der Waals surface area contributed by atoms with Crippen molar-refractivity contribution in [3.05, 3.63) is 30.3 Å². The summed E-state index contributed by atoms with van der Waals surface area (Å²) >= 11 is 0. The Morgan fingerprint density at radius 2 is 1.86 bits per heavy atom. The van der Waals surface area contributed by atoms with Gasteiger partial charge in [-0.3, -0.25) is 9.32 Å². The van der Waals surface area contributed by atoms with Crippen LogP contribution in [-0.2, 0) is 18.6 Å². The number of carbonyl (C=O) groups is 1. The van der Waals surface area contributed by atoms with E-state index >= 15 is 0 Å². The van der Waals surface area contributed by atoms with Gasteiger partial charge in [0.05, 0.1) is 12.7 Å². The fourth-order valence-electron chi connectivity index (χ4n) is 1.55. The van der Waals surface area contributed by atoms with Crippen LogP contribution in [0, 0.1) is 0 Å². The molecule has 1 rings (SSSR count). The fraction of sp³-hybridized carbons (Fsp3) is 0.533. The van der Waals surface area contributed by atoms with E-state index in [9.17, 15) is 9.36 Å². The van der Waals surface area contributed by atoms with Crippen LogP contribution >= 0.6 is 7.75 Å². The van der Waals surface area contributed by atoms with Gasteiger partial charge in [-0.15, -0.1) is 0 Å². The molecule has 124 valence electrons. The van der Waals surface area contributed by atoms with Crippen molar-refractivity contribution in [2.75, 3.05) is 6.61 Å². The van der Waals surface area contributed by atoms with E-state index in [1.807, 2.05) is 13.0 Å². The van der Waals surface area contributed by atoms with Gasteiger partial charge in [0.1, 0.15) is 11.8 Å². The predicted molar refractivity (Wildman–Crippen MR) is 84.7 cm³/mol. The van der Waals surface area contributed by atoms with Gasteiger partial charge in [0.2, 0.25) is 0 Å². The molecule has 0 aromatic heterocycles. The van der Waals surface area contributed by atoms with Gasteiger partial charge >= 0.3 is 13.7 Å². The second kappa shape index (κ2) is 8.93. The van der Waals surface area contributed by atoms with Gasteiger partial charge in [0.25, 0.3) is 0 Å². The van der Waals surface area contributed by atoms with Crippen LogP contribution in [0.2, 0.25) is 0 Å². The zero-order valence-corrected chi connectivity index (χ0v) is 14.3. The number of para-hydroxylation sites is 1. The number of benzene rings is 1. The van der Waals surface area contributed by atoms with Crippen LogP contribution in [-0.4, -0.2) is 24.7 Å². The highest BCUT2D eigenvalue weighted by atomic mass is 31.2. The largest absolute Gasteiger partial charge is 0.462 e. The molecule has 0 bridgehead atoms. The standard InChI is InChI=1S/C15H24NO5P/c1-5-11-19-22(18,21-14-9-7-6-8-10-14)16-13(4)15(17)20-12(2)3/h6-10,12-13H,5,11H2,1-4H3,(H,16,18)/t13-,22+/m0/s1. The summed E-state index contributed by atoms with van der Waals surface area (Å²) in [6.45, 7) is 7.20. The molecule has 0 spiro atoms. The summed E-state index contributed by atoms with van der Waals surface area (Å²) in [5.41, 5.74) is 0. The first-order valence-corrected chi connectivity index (χ1v) is 8.88. The Labute approximate surface area is 131 Å². The Hall–Kier alpha value is -1.36. The van der Waals surface area contributed by atoms with Crippen molar-refractivity contribution >= 4 is 13.7 Å². The lowest BCUT2D eigenvalue weighted by atomic mass is 10.3. The van der Waals surface area contributed by atoms with Crippen molar-refractivity contribution in [2.45, 2.75) is 46.3 Å².